The Morgan fingerprint density at radius 3 is 2.17 bits per heavy atom. The zero-order chi connectivity index (χ0) is 17.0. The standard InChI is InChI=1S/C20H28O3/c1-5-23-19(16-9-7-6-8-10-16)18(20(21)22)17-14(3)11-13(2)12-15(17)4/h11-12,16H,5-10H2,1-4H3,(H,21,22)/b19-18+. The van der Waals surface area contributed by atoms with E-state index in [9.17, 15) is 9.90 Å². The Morgan fingerprint density at radius 1 is 1.13 bits per heavy atom. The lowest BCUT2D eigenvalue weighted by molar-refractivity contribution is -0.130. The van der Waals surface area contributed by atoms with Gasteiger partial charge in [0.1, 0.15) is 11.3 Å². The number of rotatable bonds is 5. The normalized spacial score (nSPS) is 16.9. The highest BCUT2D eigenvalue weighted by molar-refractivity contribution is 6.17. The molecular weight excluding hydrogens is 288 g/mol. The lowest BCUT2D eigenvalue weighted by atomic mass is 9.83. The Balaban J connectivity index is 2.63. The molecule has 0 aliphatic heterocycles. The number of carbonyl (C=O) groups is 1. The molecule has 2 rings (SSSR count). The van der Waals surface area contributed by atoms with Crippen LogP contribution < -0.4 is 0 Å². The van der Waals surface area contributed by atoms with Gasteiger partial charge in [0.2, 0.25) is 0 Å². The molecule has 1 aliphatic rings. The maximum atomic E-state index is 12.1. The molecule has 0 heterocycles. The molecule has 0 atom stereocenters. The van der Waals surface area contributed by atoms with Gasteiger partial charge in [-0.2, -0.15) is 0 Å². The van der Waals surface area contributed by atoms with Crippen molar-refractivity contribution >= 4 is 11.5 Å². The van der Waals surface area contributed by atoms with E-state index in [1.54, 1.807) is 0 Å². The summed E-state index contributed by atoms with van der Waals surface area (Å²) in [6.07, 6.45) is 5.59. The maximum Gasteiger partial charge on any atom is 0.339 e. The fourth-order valence-electron chi connectivity index (χ4n) is 3.82. The summed E-state index contributed by atoms with van der Waals surface area (Å²) in [7, 11) is 0. The third-order valence-corrected chi connectivity index (χ3v) is 4.66. The van der Waals surface area contributed by atoms with Gasteiger partial charge in [-0.3, -0.25) is 0 Å². The summed E-state index contributed by atoms with van der Waals surface area (Å²) in [5.41, 5.74) is 4.37. The second-order valence-corrected chi connectivity index (χ2v) is 6.59. The number of hydrogen-bond donors (Lipinski definition) is 1. The van der Waals surface area contributed by atoms with E-state index in [0.717, 1.165) is 47.9 Å². The van der Waals surface area contributed by atoms with Crippen LogP contribution in [0.4, 0.5) is 0 Å². The average Bonchev–Trinajstić information content (AvgIpc) is 2.49. The second-order valence-electron chi connectivity index (χ2n) is 6.59. The molecule has 1 aromatic rings. The number of carboxylic acid groups (broad SMARTS) is 1. The number of aryl methyl sites for hydroxylation is 3. The number of benzene rings is 1. The summed E-state index contributed by atoms with van der Waals surface area (Å²) in [6.45, 7) is 8.45. The number of carboxylic acids is 1. The zero-order valence-corrected chi connectivity index (χ0v) is 14.7. The van der Waals surface area contributed by atoms with Crippen LogP contribution in [0.2, 0.25) is 0 Å². The summed E-state index contributed by atoms with van der Waals surface area (Å²) in [6, 6.07) is 4.10. The van der Waals surface area contributed by atoms with E-state index in [1.807, 2.05) is 27.7 Å². The van der Waals surface area contributed by atoms with Gasteiger partial charge in [0.05, 0.1) is 6.61 Å². The number of allylic oxidation sites excluding steroid dienone is 1. The van der Waals surface area contributed by atoms with Gasteiger partial charge >= 0.3 is 5.97 Å². The predicted molar refractivity (Wildman–Crippen MR) is 93.4 cm³/mol. The monoisotopic (exact) mass is 316 g/mol. The Labute approximate surface area is 139 Å². The molecule has 0 spiro atoms. The van der Waals surface area contributed by atoms with Gasteiger partial charge in [-0.1, -0.05) is 37.0 Å². The molecule has 1 N–H and O–H groups in total. The second kappa shape index (κ2) is 7.67. The van der Waals surface area contributed by atoms with Crippen molar-refractivity contribution in [3.8, 4) is 0 Å². The summed E-state index contributed by atoms with van der Waals surface area (Å²) >= 11 is 0. The molecule has 0 bridgehead atoms. The van der Waals surface area contributed by atoms with E-state index in [4.69, 9.17) is 4.74 Å². The third kappa shape index (κ3) is 3.95. The molecule has 23 heavy (non-hydrogen) atoms. The first-order valence-corrected chi connectivity index (χ1v) is 8.64. The number of aliphatic carboxylic acids is 1. The van der Waals surface area contributed by atoms with Crippen molar-refractivity contribution in [2.24, 2.45) is 5.92 Å². The molecule has 1 fully saturated rings. The van der Waals surface area contributed by atoms with Crippen LogP contribution in [0.5, 0.6) is 0 Å². The largest absolute Gasteiger partial charge is 0.497 e. The number of hydrogen-bond acceptors (Lipinski definition) is 2. The van der Waals surface area contributed by atoms with Gasteiger partial charge in [0.25, 0.3) is 0 Å². The van der Waals surface area contributed by atoms with Crippen molar-refractivity contribution in [3.05, 3.63) is 40.1 Å². The Bertz CT molecular complexity index is 584. The van der Waals surface area contributed by atoms with Crippen LogP contribution in [-0.2, 0) is 9.53 Å². The molecule has 1 aromatic carbocycles. The minimum absolute atomic E-state index is 0.231. The SMILES string of the molecule is CCO/C(=C(/C(=O)O)c1c(C)cc(C)cc1C)C1CCCCC1. The van der Waals surface area contributed by atoms with Crippen molar-refractivity contribution in [1.82, 2.24) is 0 Å². The quantitative estimate of drug-likeness (QED) is 0.612. The first-order chi connectivity index (χ1) is 11.0. The maximum absolute atomic E-state index is 12.1. The third-order valence-electron chi connectivity index (χ3n) is 4.66. The van der Waals surface area contributed by atoms with Crippen LogP contribution in [0.15, 0.2) is 17.9 Å². The fourth-order valence-corrected chi connectivity index (χ4v) is 3.82. The fraction of sp³-hybridized carbons (Fsp3) is 0.550. The molecule has 1 aliphatic carbocycles. The van der Waals surface area contributed by atoms with Crippen LogP contribution in [0.1, 0.15) is 61.3 Å². The van der Waals surface area contributed by atoms with Crippen LogP contribution in [0, 0.1) is 26.7 Å². The summed E-state index contributed by atoms with van der Waals surface area (Å²) < 4.78 is 5.90. The van der Waals surface area contributed by atoms with E-state index in [0.29, 0.717) is 17.9 Å². The van der Waals surface area contributed by atoms with Gasteiger partial charge in [0, 0.05) is 5.92 Å². The van der Waals surface area contributed by atoms with Crippen molar-refractivity contribution in [1.29, 1.82) is 0 Å². The molecular formula is C20H28O3. The van der Waals surface area contributed by atoms with E-state index >= 15 is 0 Å². The first-order valence-electron chi connectivity index (χ1n) is 8.64. The Kier molecular flexibility index (Phi) is 5.86. The highest BCUT2D eigenvalue weighted by Crippen LogP contribution is 2.37. The highest BCUT2D eigenvalue weighted by atomic mass is 16.5. The topological polar surface area (TPSA) is 46.5 Å². The Hall–Kier alpha value is -1.77. The molecule has 1 saturated carbocycles. The van der Waals surface area contributed by atoms with Crippen molar-refractivity contribution in [3.63, 3.8) is 0 Å². The molecule has 0 saturated heterocycles. The van der Waals surface area contributed by atoms with E-state index < -0.39 is 5.97 Å². The molecule has 0 unspecified atom stereocenters. The van der Waals surface area contributed by atoms with Crippen LogP contribution in [0.3, 0.4) is 0 Å². The van der Waals surface area contributed by atoms with Gasteiger partial charge in [-0.15, -0.1) is 0 Å². The van der Waals surface area contributed by atoms with Gasteiger partial charge < -0.3 is 9.84 Å². The molecule has 0 aromatic heterocycles. The molecule has 3 heteroatoms. The molecule has 126 valence electrons. The highest BCUT2D eigenvalue weighted by Gasteiger charge is 2.28. The van der Waals surface area contributed by atoms with Crippen LogP contribution >= 0.6 is 0 Å². The number of ether oxygens (including phenoxy) is 1. The summed E-state index contributed by atoms with van der Waals surface area (Å²) in [5, 5.41) is 9.93. The first kappa shape index (κ1) is 17.6. The summed E-state index contributed by atoms with van der Waals surface area (Å²) in [4.78, 5) is 12.1. The average molecular weight is 316 g/mol. The predicted octanol–water partition coefficient (Wildman–Crippen LogP) is 5.02. The van der Waals surface area contributed by atoms with Gasteiger partial charge in [-0.25, -0.2) is 4.79 Å². The van der Waals surface area contributed by atoms with E-state index in [1.165, 1.54) is 6.42 Å². The Morgan fingerprint density at radius 2 is 1.70 bits per heavy atom. The van der Waals surface area contributed by atoms with Gasteiger partial charge in [0.15, 0.2) is 0 Å². The van der Waals surface area contributed by atoms with Crippen molar-refractivity contribution in [2.75, 3.05) is 6.61 Å². The zero-order valence-electron chi connectivity index (χ0n) is 14.7. The van der Waals surface area contributed by atoms with Crippen molar-refractivity contribution in [2.45, 2.75) is 59.8 Å². The van der Waals surface area contributed by atoms with Crippen LogP contribution in [0.25, 0.3) is 5.57 Å². The molecule has 0 radical (unpaired) electrons. The smallest absolute Gasteiger partial charge is 0.339 e. The van der Waals surface area contributed by atoms with Crippen LogP contribution in [-0.4, -0.2) is 17.7 Å². The lowest BCUT2D eigenvalue weighted by Crippen LogP contribution is -2.18. The summed E-state index contributed by atoms with van der Waals surface area (Å²) in [5.74, 6) is 0.0405. The van der Waals surface area contributed by atoms with E-state index in [-0.39, 0.29) is 5.92 Å². The van der Waals surface area contributed by atoms with E-state index in [2.05, 4.69) is 12.1 Å². The minimum Gasteiger partial charge on any atom is -0.497 e. The molecule has 0 amide bonds. The molecule has 3 nitrogen and oxygen atoms in total. The minimum atomic E-state index is -0.880. The van der Waals surface area contributed by atoms with Gasteiger partial charge in [-0.05, 0) is 57.2 Å². The van der Waals surface area contributed by atoms with Crippen molar-refractivity contribution < 1.29 is 14.6 Å². The lowest BCUT2D eigenvalue weighted by Gasteiger charge is -2.27.